The van der Waals surface area contributed by atoms with Crippen LogP contribution in [0.3, 0.4) is 0 Å². The maximum atomic E-state index is 14.6. The van der Waals surface area contributed by atoms with Gasteiger partial charge in [0.15, 0.2) is 11.7 Å². The van der Waals surface area contributed by atoms with Crippen molar-refractivity contribution in [2.24, 2.45) is 11.8 Å². The molecule has 0 fully saturated rings. The summed E-state index contributed by atoms with van der Waals surface area (Å²) < 4.78 is 43.1. The second-order valence-electron chi connectivity index (χ2n) is 7.58. The zero-order valence-corrected chi connectivity index (χ0v) is 18.2. The van der Waals surface area contributed by atoms with E-state index < -0.39 is 17.5 Å². The average molecular weight is 403 g/mol. The number of hydrogen-bond acceptors (Lipinski definition) is 0. The Morgan fingerprint density at radius 1 is 0.724 bits per heavy atom. The third-order valence-corrected chi connectivity index (χ3v) is 4.60. The van der Waals surface area contributed by atoms with Crippen LogP contribution in [0.4, 0.5) is 13.2 Å². The molecule has 0 aromatic rings. The summed E-state index contributed by atoms with van der Waals surface area (Å²) in [6, 6.07) is 0. The second kappa shape index (κ2) is 12.1. The van der Waals surface area contributed by atoms with Crippen LogP contribution >= 0.6 is 0 Å². The lowest BCUT2D eigenvalue weighted by atomic mass is 9.88. The van der Waals surface area contributed by atoms with Gasteiger partial charge in [0.25, 0.3) is 0 Å². The summed E-state index contributed by atoms with van der Waals surface area (Å²) in [5.41, 5.74) is 1.87. The molecule has 0 rings (SSSR count). The molecule has 0 saturated heterocycles. The fourth-order valence-corrected chi connectivity index (χ4v) is 2.37. The van der Waals surface area contributed by atoms with E-state index in [9.17, 15) is 13.2 Å². The molecule has 0 N–H and O–H groups in total. The molecule has 3 heteroatoms. The number of halogens is 3. The Morgan fingerprint density at radius 3 is 1.66 bits per heavy atom. The van der Waals surface area contributed by atoms with Gasteiger partial charge in [0, 0.05) is 5.57 Å². The fourth-order valence-electron chi connectivity index (χ4n) is 2.37. The van der Waals surface area contributed by atoms with Gasteiger partial charge in [-0.15, -0.1) is 0 Å². The van der Waals surface area contributed by atoms with E-state index in [0.717, 1.165) is 5.57 Å². The smallest absolute Gasteiger partial charge is 0.166 e. The molecular formula is C26H33F3. The molecule has 0 aliphatic heterocycles. The highest BCUT2D eigenvalue weighted by atomic mass is 19.2. The quantitative estimate of drug-likeness (QED) is 0.286. The van der Waals surface area contributed by atoms with Crippen LogP contribution in [0, 0.1) is 11.8 Å². The van der Waals surface area contributed by atoms with Crippen molar-refractivity contribution in [1.29, 1.82) is 0 Å². The first-order valence-electron chi connectivity index (χ1n) is 9.47. The lowest BCUT2D eigenvalue weighted by Crippen LogP contribution is -2.06. The van der Waals surface area contributed by atoms with Gasteiger partial charge < -0.3 is 0 Å². The van der Waals surface area contributed by atoms with Gasteiger partial charge in [0.2, 0.25) is 0 Å². The lowest BCUT2D eigenvalue weighted by molar-refractivity contribution is 0.471. The minimum Gasteiger partial charge on any atom is -0.207 e. The van der Waals surface area contributed by atoms with Gasteiger partial charge in [-0.2, -0.15) is 0 Å². The van der Waals surface area contributed by atoms with E-state index in [0.29, 0.717) is 24.0 Å². The van der Waals surface area contributed by atoms with E-state index in [4.69, 9.17) is 0 Å². The molecule has 29 heavy (non-hydrogen) atoms. The van der Waals surface area contributed by atoms with Gasteiger partial charge in [-0.1, -0.05) is 76.6 Å². The minimum atomic E-state index is -1.08. The Hall–Kier alpha value is -2.55. The molecule has 0 nitrogen and oxygen atoms in total. The van der Waals surface area contributed by atoms with Crippen LogP contribution in [-0.2, 0) is 0 Å². The van der Waals surface area contributed by atoms with E-state index in [-0.39, 0.29) is 28.6 Å². The molecule has 0 aliphatic rings. The predicted octanol–water partition coefficient (Wildman–Crippen LogP) is 8.98. The molecule has 0 spiro atoms. The number of allylic oxidation sites excluding steroid dienone is 12. The van der Waals surface area contributed by atoms with Crippen molar-refractivity contribution in [3.05, 3.63) is 109 Å². The Kier molecular flexibility index (Phi) is 11.0. The van der Waals surface area contributed by atoms with Crippen LogP contribution in [0.1, 0.15) is 40.5 Å². The Morgan fingerprint density at radius 2 is 1.21 bits per heavy atom. The first kappa shape index (κ1) is 26.4. The van der Waals surface area contributed by atoms with Gasteiger partial charge >= 0.3 is 0 Å². The van der Waals surface area contributed by atoms with Crippen LogP contribution < -0.4 is 0 Å². The van der Waals surface area contributed by atoms with Crippen molar-refractivity contribution >= 4 is 0 Å². The molecule has 0 saturated carbocycles. The third kappa shape index (κ3) is 8.99. The Bertz CT molecular complexity index is 800. The summed E-state index contributed by atoms with van der Waals surface area (Å²) >= 11 is 0. The lowest BCUT2D eigenvalue weighted by Gasteiger charge is -2.18. The topological polar surface area (TPSA) is 0 Å². The van der Waals surface area contributed by atoms with Gasteiger partial charge in [-0.05, 0) is 61.3 Å². The Balaban J connectivity index is 5.10. The molecule has 0 heterocycles. The summed E-state index contributed by atoms with van der Waals surface area (Å²) in [7, 11) is 0. The summed E-state index contributed by atoms with van der Waals surface area (Å²) in [6.45, 7) is 29.2. The van der Waals surface area contributed by atoms with Gasteiger partial charge in [-0.3, -0.25) is 0 Å². The van der Waals surface area contributed by atoms with Crippen molar-refractivity contribution in [1.82, 2.24) is 0 Å². The Labute approximate surface area is 174 Å². The van der Waals surface area contributed by atoms with E-state index in [1.807, 2.05) is 6.92 Å². The highest BCUT2D eigenvalue weighted by Gasteiger charge is 2.20. The SMILES string of the molecule is C=C(C)/C=C\C(=C)C(=C)/C(F)=C(/F)C(=C)C(C)CCC(C)C(=C)/C(F)=C\C(=C)C. The molecule has 0 amide bonds. The zero-order valence-electron chi connectivity index (χ0n) is 18.2. The maximum absolute atomic E-state index is 14.6. The van der Waals surface area contributed by atoms with Crippen LogP contribution in [0.2, 0.25) is 0 Å². The highest BCUT2D eigenvalue weighted by molar-refractivity contribution is 5.50. The standard InChI is InChI=1S/C26H33F3/c1-16(2)11-12-19(6)22(9)25(28)26(29)23(10)20(7)14-13-18(5)21(8)24(27)15-17(3)4/h11-12,15,18,20H,1,3,6,8-10,13-14H2,2,4-5,7H3/b12-11-,24-15+,26-25-. The van der Waals surface area contributed by atoms with Crippen LogP contribution in [0.25, 0.3) is 0 Å². The van der Waals surface area contributed by atoms with E-state index in [1.165, 1.54) is 12.2 Å². The fraction of sp³-hybridized carbons (Fsp3) is 0.308. The van der Waals surface area contributed by atoms with Gasteiger partial charge in [0.05, 0.1) is 0 Å². The average Bonchev–Trinajstić information content (AvgIpc) is 2.66. The van der Waals surface area contributed by atoms with Crippen LogP contribution in [-0.4, -0.2) is 0 Å². The summed E-state index contributed by atoms with van der Waals surface area (Å²) in [4.78, 5) is 0. The van der Waals surface area contributed by atoms with Crippen molar-refractivity contribution in [2.75, 3.05) is 0 Å². The van der Waals surface area contributed by atoms with Crippen LogP contribution in [0.5, 0.6) is 0 Å². The van der Waals surface area contributed by atoms with Crippen molar-refractivity contribution in [2.45, 2.75) is 40.5 Å². The molecule has 2 atom stereocenters. The number of rotatable bonds is 12. The van der Waals surface area contributed by atoms with Crippen molar-refractivity contribution in [3.8, 4) is 0 Å². The van der Waals surface area contributed by atoms with Gasteiger partial charge in [-0.25, -0.2) is 13.2 Å². The summed E-state index contributed by atoms with van der Waals surface area (Å²) in [5.74, 6) is -3.01. The van der Waals surface area contributed by atoms with E-state index in [2.05, 4.69) is 39.5 Å². The summed E-state index contributed by atoms with van der Waals surface area (Å²) in [6.07, 6.45) is 5.57. The molecule has 158 valence electrons. The van der Waals surface area contributed by atoms with Crippen molar-refractivity contribution < 1.29 is 13.2 Å². The molecular weight excluding hydrogens is 369 g/mol. The van der Waals surface area contributed by atoms with E-state index in [1.54, 1.807) is 26.8 Å². The molecule has 0 bridgehead atoms. The predicted molar refractivity (Wildman–Crippen MR) is 121 cm³/mol. The first-order valence-corrected chi connectivity index (χ1v) is 9.47. The largest absolute Gasteiger partial charge is 0.207 e. The molecule has 0 aliphatic carbocycles. The molecule has 0 radical (unpaired) electrons. The van der Waals surface area contributed by atoms with Gasteiger partial charge in [0.1, 0.15) is 5.83 Å². The second-order valence-corrected chi connectivity index (χ2v) is 7.58. The number of hydrogen-bond donors (Lipinski definition) is 0. The minimum absolute atomic E-state index is 0.0380. The van der Waals surface area contributed by atoms with E-state index >= 15 is 0 Å². The summed E-state index contributed by atoms with van der Waals surface area (Å²) in [5, 5.41) is 0. The molecule has 2 unspecified atom stereocenters. The molecule has 0 aromatic carbocycles. The first-order chi connectivity index (χ1) is 13.3. The monoisotopic (exact) mass is 402 g/mol. The zero-order chi connectivity index (χ0) is 22.9. The maximum Gasteiger partial charge on any atom is 0.166 e. The normalized spacial score (nSPS) is 14.8. The third-order valence-electron chi connectivity index (χ3n) is 4.60. The van der Waals surface area contributed by atoms with Crippen LogP contribution in [0.15, 0.2) is 109 Å². The van der Waals surface area contributed by atoms with Crippen molar-refractivity contribution in [3.63, 3.8) is 0 Å². The highest BCUT2D eigenvalue weighted by Crippen LogP contribution is 2.33. The molecule has 0 aromatic heterocycles.